The van der Waals surface area contributed by atoms with Gasteiger partial charge in [0.25, 0.3) is 0 Å². The molecule has 0 aromatic rings. The van der Waals surface area contributed by atoms with Crippen LogP contribution in [0.1, 0.15) is 124 Å². The summed E-state index contributed by atoms with van der Waals surface area (Å²) in [4.78, 5) is 0. The summed E-state index contributed by atoms with van der Waals surface area (Å²) < 4.78 is 1.35. The molecule has 0 radical (unpaired) electrons. The molecule has 0 aliphatic heterocycles. The van der Waals surface area contributed by atoms with Crippen molar-refractivity contribution in [3.8, 4) is 0 Å². The second kappa shape index (κ2) is 17.8. The Hall–Kier alpha value is -0.0400. The van der Waals surface area contributed by atoms with Gasteiger partial charge in [0.05, 0.1) is 26.7 Å². The van der Waals surface area contributed by atoms with Crippen molar-refractivity contribution in [2.75, 3.05) is 26.7 Å². The summed E-state index contributed by atoms with van der Waals surface area (Å²) in [6.07, 6.45) is 22.9. The summed E-state index contributed by atoms with van der Waals surface area (Å²) in [5, 5.41) is 0. The van der Waals surface area contributed by atoms with Gasteiger partial charge >= 0.3 is 0 Å². The number of unbranched alkanes of at least 4 members (excludes halogenated alkanes) is 13. The Labute approximate surface area is 155 Å². The predicted molar refractivity (Wildman–Crippen MR) is 112 cm³/mol. The molecule has 0 aliphatic carbocycles. The van der Waals surface area contributed by atoms with Gasteiger partial charge < -0.3 is 4.48 Å². The maximum atomic E-state index is 2.55. The van der Waals surface area contributed by atoms with E-state index < -0.39 is 0 Å². The van der Waals surface area contributed by atoms with Crippen molar-refractivity contribution in [1.82, 2.24) is 0 Å². The first-order chi connectivity index (χ1) is 11.7. The molecule has 0 atom stereocenters. The fourth-order valence-corrected chi connectivity index (χ4v) is 3.80. The molecule has 0 heterocycles. The SMILES string of the molecule is CCCCCCCC[N+](C)(CCCCCC)CCCCCCCC. The molecule has 0 bridgehead atoms. The lowest BCUT2D eigenvalue weighted by atomic mass is 10.1. The quantitative estimate of drug-likeness (QED) is 0.167. The second-order valence-electron chi connectivity index (χ2n) is 8.39. The van der Waals surface area contributed by atoms with Gasteiger partial charge in [-0.1, -0.05) is 85.0 Å². The van der Waals surface area contributed by atoms with Gasteiger partial charge in [-0.25, -0.2) is 0 Å². The van der Waals surface area contributed by atoms with Crippen LogP contribution in [0.5, 0.6) is 0 Å². The number of nitrogens with zero attached hydrogens (tertiary/aromatic N) is 1. The van der Waals surface area contributed by atoms with Crippen LogP contribution < -0.4 is 0 Å². The Morgan fingerprint density at radius 3 is 0.958 bits per heavy atom. The lowest BCUT2D eigenvalue weighted by molar-refractivity contribution is -0.910. The van der Waals surface area contributed by atoms with Crippen LogP contribution in [-0.4, -0.2) is 31.2 Å². The molecule has 0 fully saturated rings. The molecule has 0 amide bonds. The second-order valence-corrected chi connectivity index (χ2v) is 8.39. The average Bonchev–Trinajstić information content (AvgIpc) is 2.58. The summed E-state index contributed by atoms with van der Waals surface area (Å²) in [6, 6.07) is 0. The molecule has 0 aromatic carbocycles. The Kier molecular flexibility index (Phi) is 17.7. The number of rotatable bonds is 19. The lowest BCUT2D eigenvalue weighted by Crippen LogP contribution is -2.46. The normalized spacial score (nSPS) is 12.0. The predicted octanol–water partition coefficient (Wildman–Crippen LogP) is 7.73. The first-order valence-electron chi connectivity index (χ1n) is 11.5. The van der Waals surface area contributed by atoms with E-state index in [0.29, 0.717) is 0 Å². The summed E-state index contributed by atoms with van der Waals surface area (Å²) in [6.45, 7) is 11.2. The number of quaternary nitrogens is 1. The van der Waals surface area contributed by atoms with E-state index in [-0.39, 0.29) is 0 Å². The van der Waals surface area contributed by atoms with Gasteiger partial charge in [-0.3, -0.25) is 0 Å². The zero-order valence-corrected chi connectivity index (χ0v) is 17.9. The molecular formula is C23H50N+. The van der Waals surface area contributed by atoms with E-state index in [2.05, 4.69) is 27.8 Å². The third-order valence-corrected chi connectivity index (χ3v) is 5.65. The molecule has 0 spiro atoms. The van der Waals surface area contributed by atoms with Gasteiger partial charge in [0, 0.05) is 0 Å². The maximum Gasteiger partial charge on any atom is 0.0784 e. The van der Waals surface area contributed by atoms with Crippen molar-refractivity contribution in [3.63, 3.8) is 0 Å². The molecule has 24 heavy (non-hydrogen) atoms. The van der Waals surface area contributed by atoms with E-state index >= 15 is 0 Å². The fraction of sp³-hybridized carbons (Fsp3) is 1.00. The first kappa shape index (κ1) is 24.0. The molecule has 0 rings (SSSR count). The zero-order valence-electron chi connectivity index (χ0n) is 17.9. The molecular weight excluding hydrogens is 290 g/mol. The smallest absolute Gasteiger partial charge is 0.0784 e. The molecule has 0 aliphatic rings. The summed E-state index contributed by atoms with van der Waals surface area (Å²) >= 11 is 0. The summed E-state index contributed by atoms with van der Waals surface area (Å²) in [7, 11) is 2.55. The minimum atomic E-state index is 1.35. The molecule has 0 aromatic heterocycles. The van der Waals surface area contributed by atoms with Crippen LogP contribution in [0.2, 0.25) is 0 Å². The molecule has 0 saturated heterocycles. The monoisotopic (exact) mass is 340 g/mol. The molecule has 0 saturated carbocycles. The van der Waals surface area contributed by atoms with Crippen molar-refractivity contribution in [2.24, 2.45) is 0 Å². The highest BCUT2D eigenvalue weighted by Gasteiger charge is 2.19. The highest BCUT2D eigenvalue weighted by Crippen LogP contribution is 2.15. The number of hydrogen-bond acceptors (Lipinski definition) is 0. The minimum absolute atomic E-state index is 1.35. The van der Waals surface area contributed by atoms with Crippen LogP contribution >= 0.6 is 0 Å². The van der Waals surface area contributed by atoms with Gasteiger partial charge in [-0.2, -0.15) is 0 Å². The van der Waals surface area contributed by atoms with Crippen LogP contribution in [0.3, 0.4) is 0 Å². The van der Waals surface area contributed by atoms with Crippen molar-refractivity contribution in [1.29, 1.82) is 0 Å². The van der Waals surface area contributed by atoms with E-state index in [4.69, 9.17) is 0 Å². The van der Waals surface area contributed by atoms with E-state index in [0.717, 1.165) is 0 Å². The standard InChI is InChI=1S/C23H50N/c1-5-8-11-14-16-19-22-24(4,21-18-13-10-7-3)23-20-17-15-12-9-6-2/h5-23H2,1-4H3/q+1. The highest BCUT2D eigenvalue weighted by atomic mass is 15.3. The van der Waals surface area contributed by atoms with Crippen LogP contribution in [0, 0.1) is 0 Å². The Balaban J connectivity index is 3.98. The Bertz CT molecular complexity index is 220. The van der Waals surface area contributed by atoms with Crippen LogP contribution in [0.15, 0.2) is 0 Å². The highest BCUT2D eigenvalue weighted by molar-refractivity contribution is 4.50. The zero-order chi connectivity index (χ0) is 17.9. The van der Waals surface area contributed by atoms with E-state index in [1.807, 2.05) is 0 Å². The van der Waals surface area contributed by atoms with Crippen molar-refractivity contribution >= 4 is 0 Å². The van der Waals surface area contributed by atoms with E-state index in [9.17, 15) is 0 Å². The van der Waals surface area contributed by atoms with E-state index in [1.165, 1.54) is 127 Å². The van der Waals surface area contributed by atoms with E-state index in [1.54, 1.807) is 0 Å². The first-order valence-corrected chi connectivity index (χ1v) is 11.5. The van der Waals surface area contributed by atoms with Crippen molar-refractivity contribution in [2.45, 2.75) is 124 Å². The molecule has 0 unspecified atom stereocenters. The molecule has 146 valence electrons. The topological polar surface area (TPSA) is 0 Å². The van der Waals surface area contributed by atoms with Gasteiger partial charge in [0.1, 0.15) is 0 Å². The Morgan fingerprint density at radius 2 is 0.625 bits per heavy atom. The van der Waals surface area contributed by atoms with Gasteiger partial charge in [-0.15, -0.1) is 0 Å². The van der Waals surface area contributed by atoms with Crippen LogP contribution in [-0.2, 0) is 0 Å². The van der Waals surface area contributed by atoms with Gasteiger partial charge in [0.15, 0.2) is 0 Å². The summed E-state index contributed by atoms with van der Waals surface area (Å²) in [5.74, 6) is 0. The maximum absolute atomic E-state index is 2.55. The van der Waals surface area contributed by atoms with Gasteiger partial charge in [-0.05, 0) is 38.5 Å². The molecule has 1 nitrogen and oxygen atoms in total. The fourth-order valence-electron chi connectivity index (χ4n) is 3.80. The minimum Gasteiger partial charge on any atom is -0.326 e. The van der Waals surface area contributed by atoms with Crippen LogP contribution in [0.4, 0.5) is 0 Å². The van der Waals surface area contributed by atoms with Gasteiger partial charge in [0.2, 0.25) is 0 Å². The van der Waals surface area contributed by atoms with Crippen LogP contribution in [0.25, 0.3) is 0 Å². The third kappa shape index (κ3) is 15.5. The Morgan fingerprint density at radius 1 is 0.375 bits per heavy atom. The van der Waals surface area contributed by atoms with Crippen molar-refractivity contribution < 1.29 is 4.48 Å². The summed E-state index contributed by atoms with van der Waals surface area (Å²) in [5.41, 5.74) is 0. The van der Waals surface area contributed by atoms with Crippen molar-refractivity contribution in [3.05, 3.63) is 0 Å². The molecule has 1 heteroatoms. The number of hydrogen-bond donors (Lipinski definition) is 0. The third-order valence-electron chi connectivity index (χ3n) is 5.65. The molecule has 0 N–H and O–H groups in total. The largest absolute Gasteiger partial charge is 0.326 e. The average molecular weight is 341 g/mol. The lowest BCUT2D eigenvalue weighted by Gasteiger charge is -2.35.